The smallest absolute Gasteiger partial charge is 0.0518 e. The Hall–Kier alpha value is -0.860. The third-order valence-corrected chi connectivity index (χ3v) is 2.88. The van der Waals surface area contributed by atoms with E-state index in [4.69, 9.17) is 4.74 Å². The molecule has 0 aliphatic heterocycles. The van der Waals surface area contributed by atoms with Crippen molar-refractivity contribution in [1.82, 2.24) is 5.32 Å². The van der Waals surface area contributed by atoms with E-state index < -0.39 is 0 Å². The normalized spacial score (nSPS) is 13.0. The van der Waals surface area contributed by atoms with Crippen LogP contribution in [0.1, 0.15) is 44.4 Å². The van der Waals surface area contributed by atoms with Crippen LogP contribution >= 0.6 is 0 Å². The minimum atomic E-state index is 0.337. The Morgan fingerprint density at radius 2 is 1.88 bits per heavy atom. The molecule has 0 aliphatic rings. The molecule has 0 spiro atoms. The van der Waals surface area contributed by atoms with Gasteiger partial charge in [0.15, 0.2) is 0 Å². The second-order valence-electron chi connectivity index (χ2n) is 4.81. The van der Waals surface area contributed by atoms with Crippen molar-refractivity contribution in [1.29, 1.82) is 0 Å². The first-order chi connectivity index (χ1) is 8.11. The maximum Gasteiger partial charge on any atom is 0.0518 e. The minimum Gasteiger partial charge on any atom is -0.379 e. The largest absolute Gasteiger partial charge is 0.379 e. The third kappa shape index (κ3) is 5.33. The summed E-state index contributed by atoms with van der Waals surface area (Å²) in [6.07, 6.45) is 1.40. The number of hydrogen-bond donors (Lipinski definition) is 1. The second kappa shape index (κ2) is 7.46. The molecule has 1 N–H and O–H groups in total. The van der Waals surface area contributed by atoms with Gasteiger partial charge in [-0.1, -0.05) is 24.3 Å². The van der Waals surface area contributed by atoms with Crippen LogP contribution < -0.4 is 5.32 Å². The van der Waals surface area contributed by atoms with E-state index in [9.17, 15) is 0 Å². The highest BCUT2D eigenvalue weighted by Crippen LogP contribution is 2.16. The topological polar surface area (TPSA) is 21.3 Å². The van der Waals surface area contributed by atoms with Crippen LogP contribution in [0.5, 0.6) is 0 Å². The first-order valence-corrected chi connectivity index (χ1v) is 6.51. The van der Waals surface area contributed by atoms with Gasteiger partial charge in [-0.2, -0.15) is 0 Å². The summed E-state index contributed by atoms with van der Waals surface area (Å²) < 4.78 is 5.51. The molecule has 0 saturated heterocycles. The van der Waals surface area contributed by atoms with Crippen LogP contribution in [0.4, 0.5) is 0 Å². The number of rotatable bonds is 7. The highest BCUT2D eigenvalue weighted by atomic mass is 16.5. The Morgan fingerprint density at radius 1 is 1.18 bits per heavy atom. The molecule has 0 bridgehead atoms. The first kappa shape index (κ1) is 14.2. The summed E-state index contributed by atoms with van der Waals surface area (Å²) in [6.45, 7) is 10.4. The van der Waals surface area contributed by atoms with Gasteiger partial charge in [-0.25, -0.2) is 0 Å². The molecule has 0 amide bonds. The van der Waals surface area contributed by atoms with Gasteiger partial charge in [0.25, 0.3) is 0 Å². The summed E-state index contributed by atoms with van der Waals surface area (Å²) >= 11 is 0. The molecule has 96 valence electrons. The van der Waals surface area contributed by atoms with Crippen LogP contribution in [0.3, 0.4) is 0 Å². The van der Waals surface area contributed by atoms with E-state index in [-0.39, 0.29) is 0 Å². The van der Waals surface area contributed by atoms with Crippen LogP contribution in [0.25, 0.3) is 0 Å². The fraction of sp³-hybridized carbons (Fsp3) is 0.600. The quantitative estimate of drug-likeness (QED) is 0.731. The van der Waals surface area contributed by atoms with E-state index in [2.05, 4.69) is 57.3 Å². The van der Waals surface area contributed by atoms with Crippen LogP contribution in [0.15, 0.2) is 24.3 Å². The molecule has 1 unspecified atom stereocenters. The van der Waals surface area contributed by atoms with E-state index in [1.54, 1.807) is 0 Å². The van der Waals surface area contributed by atoms with Crippen molar-refractivity contribution in [2.75, 3.05) is 13.2 Å². The first-order valence-electron chi connectivity index (χ1n) is 6.51. The monoisotopic (exact) mass is 235 g/mol. The summed E-state index contributed by atoms with van der Waals surface area (Å²) in [5.74, 6) is 0. The average molecular weight is 235 g/mol. The van der Waals surface area contributed by atoms with Gasteiger partial charge < -0.3 is 10.1 Å². The molecule has 1 aromatic carbocycles. The van der Waals surface area contributed by atoms with Crippen LogP contribution in [0.2, 0.25) is 0 Å². The van der Waals surface area contributed by atoms with Crippen LogP contribution in [-0.2, 0) is 4.74 Å². The molecule has 0 aromatic heterocycles. The van der Waals surface area contributed by atoms with Gasteiger partial charge in [0.1, 0.15) is 0 Å². The number of benzene rings is 1. The molecule has 2 heteroatoms. The number of hydrogen-bond acceptors (Lipinski definition) is 2. The molecule has 1 aromatic rings. The van der Waals surface area contributed by atoms with Crippen molar-refractivity contribution in [3.63, 3.8) is 0 Å². The van der Waals surface area contributed by atoms with E-state index in [0.717, 1.165) is 19.6 Å². The van der Waals surface area contributed by atoms with Gasteiger partial charge in [0, 0.05) is 12.6 Å². The van der Waals surface area contributed by atoms with Gasteiger partial charge in [-0.05, 0) is 51.8 Å². The zero-order valence-corrected chi connectivity index (χ0v) is 11.5. The lowest BCUT2D eigenvalue weighted by Crippen LogP contribution is -2.22. The number of aryl methyl sites for hydroxylation is 1. The molecule has 0 heterocycles. The van der Waals surface area contributed by atoms with Gasteiger partial charge >= 0.3 is 0 Å². The van der Waals surface area contributed by atoms with Crippen molar-refractivity contribution in [2.24, 2.45) is 0 Å². The SMILES string of the molecule is Cc1ccccc1C(C)NCCCOC(C)C. The highest BCUT2D eigenvalue weighted by molar-refractivity contribution is 5.28. The number of nitrogens with one attached hydrogen (secondary N) is 1. The highest BCUT2D eigenvalue weighted by Gasteiger charge is 2.06. The Bertz CT molecular complexity index is 322. The lowest BCUT2D eigenvalue weighted by atomic mass is 10.0. The molecule has 0 saturated carbocycles. The fourth-order valence-corrected chi connectivity index (χ4v) is 1.89. The standard InChI is InChI=1S/C15H25NO/c1-12(2)17-11-7-10-16-14(4)15-9-6-5-8-13(15)3/h5-6,8-9,12,14,16H,7,10-11H2,1-4H3. The minimum absolute atomic E-state index is 0.337. The van der Waals surface area contributed by atoms with Gasteiger partial charge in [-0.3, -0.25) is 0 Å². The van der Waals surface area contributed by atoms with Crippen LogP contribution in [-0.4, -0.2) is 19.3 Å². The van der Waals surface area contributed by atoms with Gasteiger partial charge in [-0.15, -0.1) is 0 Å². The maximum absolute atomic E-state index is 5.51. The lowest BCUT2D eigenvalue weighted by molar-refractivity contribution is 0.0768. The maximum atomic E-state index is 5.51. The van der Waals surface area contributed by atoms with E-state index in [1.165, 1.54) is 11.1 Å². The Labute approximate surface area is 105 Å². The molecular weight excluding hydrogens is 210 g/mol. The van der Waals surface area contributed by atoms with Crippen molar-refractivity contribution in [2.45, 2.75) is 46.3 Å². The van der Waals surface area contributed by atoms with E-state index in [1.807, 2.05) is 0 Å². The predicted octanol–water partition coefficient (Wildman–Crippen LogP) is 3.46. The Kier molecular flexibility index (Phi) is 6.23. The summed E-state index contributed by atoms with van der Waals surface area (Å²) in [6, 6.07) is 8.95. The molecule has 2 nitrogen and oxygen atoms in total. The van der Waals surface area contributed by atoms with Crippen molar-refractivity contribution in [3.8, 4) is 0 Å². The summed E-state index contributed by atoms with van der Waals surface area (Å²) in [5, 5.41) is 3.53. The predicted molar refractivity (Wildman–Crippen MR) is 73.3 cm³/mol. The molecule has 1 atom stereocenters. The second-order valence-corrected chi connectivity index (χ2v) is 4.81. The van der Waals surface area contributed by atoms with Crippen molar-refractivity contribution in [3.05, 3.63) is 35.4 Å². The third-order valence-electron chi connectivity index (χ3n) is 2.88. The zero-order valence-electron chi connectivity index (χ0n) is 11.5. The molecule has 0 fully saturated rings. The van der Waals surface area contributed by atoms with Crippen molar-refractivity contribution >= 4 is 0 Å². The van der Waals surface area contributed by atoms with Gasteiger partial charge in [0.05, 0.1) is 6.10 Å². The molecule has 0 aliphatic carbocycles. The summed E-state index contributed by atoms with van der Waals surface area (Å²) in [7, 11) is 0. The zero-order chi connectivity index (χ0) is 12.7. The lowest BCUT2D eigenvalue weighted by Gasteiger charge is -2.16. The fourth-order valence-electron chi connectivity index (χ4n) is 1.89. The molecule has 0 radical (unpaired) electrons. The number of ether oxygens (including phenoxy) is 1. The van der Waals surface area contributed by atoms with Crippen LogP contribution in [0, 0.1) is 6.92 Å². The Morgan fingerprint density at radius 3 is 2.53 bits per heavy atom. The van der Waals surface area contributed by atoms with Gasteiger partial charge in [0.2, 0.25) is 0 Å². The van der Waals surface area contributed by atoms with E-state index >= 15 is 0 Å². The summed E-state index contributed by atoms with van der Waals surface area (Å²) in [4.78, 5) is 0. The van der Waals surface area contributed by atoms with Crippen molar-refractivity contribution < 1.29 is 4.74 Å². The molecule has 17 heavy (non-hydrogen) atoms. The summed E-state index contributed by atoms with van der Waals surface area (Å²) in [5.41, 5.74) is 2.74. The Balaban J connectivity index is 2.26. The average Bonchev–Trinajstić information content (AvgIpc) is 2.28. The molecule has 1 rings (SSSR count). The molecular formula is C15H25NO. The van der Waals surface area contributed by atoms with E-state index in [0.29, 0.717) is 12.1 Å².